The largest absolute Gasteiger partial charge is 0.394 e. The SMILES string of the molecule is Cc1cccc(-c2nc(CC(F)(F)F)c(CCc3c[nH]c4ccccc34)nc2C(N)=O)c1. The van der Waals surface area contributed by atoms with Crippen LogP contribution in [0, 0.1) is 6.92 Å². The predicted molar refractivity (Wildman–Crippen MR) is 116 cm³/mol. The molecule has 0 radical (unpaired) electrons. The van der Waals surface area contributed by atoms with Gasteiger partial charge < -0.3 is 10.7 Å². The highest BCUT2D eigenvalue weighted by molar-refractivity contribution is 5.97. The minimum Gasteiger partial charge on any atom is -0.364 e. The molecule has 0 fully saturated rings. The first-order valence-corrected chi connectivity index (χ1v) is 10.1. The normalized spacial score (nSPS) is 11.8. The lowest BCUT2D eigenvalue weighted by molar-refractivity contribution is -0.128. The van der Waals surface area contributed by atoms with Crippen LogP contribution in [0.25, 0.3) is 22.2 Å². The number of nitrogens with zero attached hydrogens (tertiary/aromatic N) is 2. The summed E-state index contributed by atoms with van der Waals surface area (Å²) in [5.74, 6) is -0.832. The number of fused-ring (bicyclic) bond motifs is 1. The standard InChI is InChI=1S/C24H21F3N4O/c1-14-5-4-6-15(11-14)21-22(23(28)32)30-19(20(31-21)12-24(25,26)27)10-9-16-13-29-18-8-3-2-7-17(16)18/h2-8,11,13,29H,9-10,12H2,1H3,(H2,28,32). The molecule has 32 heavy (non-hydrogen) atoms. The Hall–Kier alpha value is -3.68. The molecule has 0 saturated heterocycles. The summed E-state index contributed by atoms with van der Waals surface area (Å²) in [7, 11) is 0. The van der Waals surface area contributed by atoms with Gasteiger partial charge in [-0.05, 0) is 37.5 Å². The van der Waals surface area contributed by atoms with Crippen molar-refractivity contribution < 1.29 is 18.0 Å². The molecule has 2 aromatic heterocycles. The van der Waals surface area contributed by atoms with Crippen LogP contribution in [0.15, 0.2) is 54.7 Å². The lowest BCUT2D eigenvalue weighted by atomic mass is 10.0. The van der Waals surface area contributed by atoms with Gasteiger partial charge in [0.2, 0.25) is 0 Å². The second-order valence-electron chi connectivity index (χ2n) is 7.70. The number of nitrogens with two attached hydrogens (primary N) is 1. The molecule has 164 valence electrons. The van der Waals surface area contributed by atoms with Crippen molar-refractivity contribution in [2.75, 3.05) is 0 Å². The number of halogens is 3. The van der Waals surface area contributed by atoms with E-state index in [0.717, 1.165) is 22.0 Å². The zero-order valence-electron chi connectivity index (χ0n) is 17.3. The van der Waals surface area contributed by atoms with Crippen LogP contribution in [0.3, 0.4) is 0 Å². The van der Waals surface area contributed by atoms with E-state index >= 15 is 0 Å². The number of benzene rings is 2. The lowest BCUT2D eigenvalue weighted by Crippen LogP contribution is -2.21. The second-order valence-corrected chi connectivity index (χ2v) is 7.70. The predicted octanol–water partition coefficient (Wildman–Crippen LogP) is 4.92. The summed E-state index contributed by atoms with van der Waals surface area (Å²) < 4.78 is 40.0. The van der Waals surface area contributed by atoms with Gasteiger partial charge in [0.05, 0.1) is 17.8 Å². The maximum absolute atomic E-state index is 13.3. The highest BCUT2D eigenvalue weighted by Gasteiger charge is 2.31. The van der Waals surface area contributed by atoms with Gasteiger partial charge in [-0.3, -0.25) is 4.79 Å². The molecule has 0 spiro atoms. The second kappa shape index (κ2) is 8.45. The summed E-state index contributed by atoms with van der Waals surface area (Å²) in [4.78, 5) is 23.8. The van der Waals surface area contributed by atoms with E-state index in [1.807, 2.05) is 43.5 Å². The number of aryl methyl sites for hydroxylation is 3. The third-order valence-corrected chi connectivity index (χ3v) is 5.25. The van der Waals surface area contributed by atoms with Gasteiger partial charge in [0.1, 0.15) is 5.69 Å². The summed E-state index contributed by atoms with van der Waals surface area (Å²) in [6, 6.07) is 14.7. The quantitative estimate of drug-likeness (QED) is 0.448. The van der Waals surface area contributed by atoms with Crippen molar-refractivity contribution in [1.29, 1.82) is 0 Å². The molecular weight excluding hydrogens is 417 g/mol. The number of rotatable bonds is 6. The monoisotopic (exact) mass is 438 g/mol. The Morgan fingerprint density at radius 2 is 1.81 bits per heavy atom. The third kappa shape index (κ3) is 4.64. The molecule has 4 rings (SSSR count). The molecule has 1 amide bonds. The van der Waals surface area contributed by atoms with Crippen LogP contribution in [0.5, 0.6) is 0 Å². The number of hydrogen-bond acceptors (Lipinski definition) is 3. The fourth-order valence-corrected chi connectivity index (χ4v) is 3.79. The fraction of sp³-hybridized carbons (Fsp3) is 0.208. The van der Waals surface area contributed by atoms with Crippen LogP contribution < -0.4 is 5.73 Å². The molecule has 0 saturated carbocycles. The van der Waals surface area contributed by atoms with Gasteiger partial charge in [-0.25, -0.2) is 9.97 Å². The van der Waals surface area contributed by atoms with Crippen LogP contribution in [-0.2, 0) is 19.3 Å². The molecule has 0 unspecified atom stereocenters. The number of aromatic amines is 1. The number of carbonyl (C=O) groups is 1. The van der Waals surface area contributed by atoms with E-state index in [9.17, 15) is 18.0 Å². The molecular formula is C24H21F3N4O. The van der Waals surface area contributed by atoms with Crippen molar-refractivity contribution in [3.05, 3.63) is 82.9 Å². The van der Waals surface area contributed by atoms with E-state index in [1.54, 1.807) is 18.2 Å². The van der Waals surface area contributed by atoms with Gasteiger partial charge in [-0.1, -0.05) is 42.0 Å². The first kappa shape index (κ1) is 21.5. The zero-order chi connectivity index (χ0) is 22.9. The van der Waals surface area contributed by atoms with Gasteiger partial charge in [-0.2, -0.15) is 13.2 Å². The van der Waals surface area contributed by atoms with Crippen LogP contribution in [0.4, 0.5) is 13.2 Å². The number of carbonyl (C=O) groups excluding carboxylic acids is 1. The number of alkyl halides is 3. The Kier molecular flexibility index (Phi) is 5.69. The molecule has 4 aromatic rings. The average Bonchev–Trinajstić information content (AvgIpc) is 3.14. The number of para-hydroxylation sites is 1. The van der Waals surface area contributed by atoms with Gasteiger partial charge in [0, 0.05) is 22.7 Å². The van der Waals surface area contributed by atoms with Crippen LogP contribution in [-0.4, -0.2) is 27.0 Å². The molecule has 0 bridgehead atoms. The Labute approximate surface area is 182 Å². The third-order valence-electron chi connectivity index (χ3n) is 5.25. The maximum Gasteiger partial charge on any atom is 0.394 e. The van der Waals surface area contributed by atoms with E-state index in [4.69, 9.17) is 5.73 Å². The zero-order valence-corrected chi connectivity index (χ0v) is 17.3. The first-order valence-electron chi connectivity index (χ1n) is 10.1. The summed E-state index contributed by atoms with van der Waals surface area (Å²) in [5, 5.41) is 0.990. The topological polar surface area (TPSA) is 84.7 Å². The van der Waals surface area contributed by atoms with Crippen LogP contribution in [0.2, 0.25) is 0 Å². The van der Waals surface area contributed by atoms with Crippen molar-refractivity contribution >= 4 is 16.8 Å². The van der Waals surface area contributed by atoms with Gasteiger partial charge in [-0.15, -0.1) is 0 Å². The molecule has 0 aliphatic rings. The maximum atomic E-state index is 13.3. The Morgan fingerprint density at radius 3 is 2.53 bits per heavy atom. The van der Waals surface area contributed by atoms with Crippen molar-refractivity contribution in [3.8, 4) is 11.3 Å². The van der Waals surface area contributed by atoms with Crippen LogP contribution in [0.1, 0.15) is 33.0 Å². The molecule has 3 N–H and O–H groups in total. The minimum absolute atomic E-state index is 0.0660. The molecule has 2 heterocycles. The lowest BCUT2D eigenvalue weighted by Gasteiger charge is -2.15. The molecule has 0 atom stereocenters. The fourth-order valence-electron chi connectivity index (χ4n) is 3.79. The highest BCUT2D eigenvalue weighted by Crippen LogP contribution is 2.28. The number of H-pyrrole nitrogens is 1. The highest BCUT2D eigenvalue weighted by atomic mass is 19.4. The van der Waals surface area contributed by atoms with Crippen molar-refractivity contribution in [2.24, 2.45) is 5.73 Å². The van der Waals surface area contributed by atoms with E-state index in [1.165, 1.54) is 0 Å². The van der Waals surface area contributed by atoms with E-state index in [0.29, 0.717) is 12.0 Å². The number of aromatic nitrogens is 3. The van der Waals surface area contributed by atoms with Gasteiger partial charge in [0.15, 0.2) is 5.69 Å². The number of primary amides is 1. The molecule has 5 nitrogen and oxygen atoms in total. The average molecular weight is 438 g/mol. The van der Waals surface area contributed by atoms with E-state index < -0.39 is 18.5 Å². The Bertz CT molecular complexity index is 1290. The number of hydrogen-bond donors (Lipinski definition) is 2. The first-order chi connectivity index (χ1) is 15.2. The van der Waals surface area contributed by atoms with Crippen LogP contribution >= 0.6 is 0 Å². The van der Waals surface area contributed by atoms with Crippen molar-refractivity contribution in [2.45, 2.75) is 32.4 Å². The van der Waals surface area contributed by atoms with Crippen molar-refractivity contribution in [1.82, 2.24) is 15.0 Å². The molecule has 0 aliphatic carbocycles. The number of nitrogens with one attached hydrogen (secondary N) is 1. The molecule has 2 aromatic carbocycles. The summed E-state index contributed by atoms with van der Waals surface area (Å²) in [6.45, 7) is 1.84. The van der Waals surface area contributed by atoms with Gasteiger partial charge in [0.25, 0.3) is 5.91 Å². The molecule has 8 heteroatoms. The van der Waals surface area contributed by atoms with Gasteiger partial charge >= 0.3 is 6.18 Å². The molecule has 0 aliphatic heterocycles. The Morgan fingerprint density at radius 1 is 1.03 bits per heavy atom. The summed E-state index contributed by atoms with van der Waals surface area (Å²) in [5.41, 5.74) is 8.66. The Balaban J connectivity index is 1.77. The number of amides is 1. The minimum atomic E-state index is -4.47. The van der Waals surface area contributed by atoms with E-state index in [2.05, 4.69) is 15.0 Å². The smallest absolute Gasteiger partial charge is 0.364 e. The van der Waals surface area contributed by atoms with Crippen molar-refractivity contribution in [3.63, 3.8) is 0 Å². The van der Waals surface area contributed by atoms with E-state index in [-0.39, 0.29) is 29.2 Å². The summed E-state index contributed by atoms with van der Waals surface area (Å²) >= 11 is 0. The summed E-state index contributed by atoms with van der Waals surface area (Å²) in [6.07, 6.45) is -3.25.